The predicted octanol–water partition coefficient (Wildman–Crippen LogP) is 1.84. The largest absolute Gasteiger partial charge is 0.295 e. The van der Waals surface area contributed by atoms with E-state index >= 15 is 0 Å². The van der Waals surface area contributed by atoms with Gasteiger partial charge < -0.3 is 0 Å². The second kappa shape index (κ2) is 8.18. The molecule has 1 aromatic carbocycles. The lowest BCUT2D eigenvalue weighted by atomic mass is 10.2. The van der Waals surface area contributed by atoms with Crippen molar-refractivity contribution >= 4 is 26.3 Å². The van der Waals surface area contributed by atoms with E-state index in [9.17, 15) is 13.2 Å². The molecule has 0 amide bonds. The van der Waals surface area contributed by atoms with Crippen LogP contribution in [0.5, 0.6) is 0 Å². The quantitative estimate of drug-likeness (QED) is 0.593. The summed E-state index contributed by atoms with van der Waals surface area (Å²) in [7, 11) is -3.51. The van der Waals surface area contributed by atoms with Crippen molar-refractivity contribution in [1.82, 2.24) is 23.8 Å². The Balaban J connectivity index is 1.46. The lowest BCUT2D eigenvalue weighted by Crippen LogP contribution is -2.48. The van der Waals surface area contributed by atoms with Crippen LogP contribution >= 0.6 is 11.3 Å². The Hall–Kier alpha value is -2.14. The molecule has 1 aliphatic rings. The van der Waals surface area contributed by atoms with Gasteiger partial charge in [-0.2, -0.15) is 13.9 Å². The zero-order valence-corrected chi connectivity index (χ0v) is 19.0. The van der Waals surface area contributed by atoms with Gasteiger partial charge in [-0.25, -0.2) is 13.4 Å². The van der Waals surface area contributed by atoms with Crippen LogP contribution in [0.3, 0.4) is 0 Å². The Morgan fingerprint density at radius 2 is 1.83 bits per heavy atom. The molecule has 2 aromatic heterocycles. The molecule has 8 nitrogen and oxygen atoms in total. The number of sulfonamides is 1. The van der Waals surface area contributed by atoms with Crippen molar-refractivity contribution in [3.8, 4) is 0 Å². The molecule has 1 saturated heterocycles. The van der Waals surface area contributed by atoms with Crippen LogP contribution in [0.25, 0.3) is 4.96 Å². The van der Waals surface area contributed by atoms with Gasteiger partial charge in [-0.3, -0.25) is 9.69 Å². The molecule has 0 bridgehead atoms. The second-order valence-corrected chi connectivity index (χ2v) is 10.5. The van der Waals surface area contributed by atoms with E-state index in [1.807, 2.05) is 32.9 Å². The second-order valence-electron chi connectivity index (χ2n) is 7.58. The molecular weight excluding hydrogens is 422 g/mol. The highest BCUT2D eigenvalue weighted by Gasteiger charge is 2.29. The number of hydrogen-bond acceptors (Lipinski definition) is 7. The van der Waals surface area contributed by atoms with Crippen molar-refractivity contribution in [2.24, 2.45) is 0 Å². The Morgan fingerprint density at radius 1 is 1.10 bits per heavy atom. The normalized spacial score (nSPS) is 16.4. The van der Waals surface area contributed by atoms with E-state index < -0.39 is 10.0 Å². The van der Waals surface area contributed by atoms with Gasteiger partial charge in [0.05, 0.1) is 10.6 Å². The summed E-state index contributed by atoms with van der Waals surface area (Å²) in [5.41, 5.74) is 2.33. The molecule has 0 aliphatic carbocycles. The van der Waals surface area contributed by atoms with Gasteiger partial charge in [0.25, 0.3) is 5.56 Å². The smallest absolute Gasteiger partial charge is 0.275 e. The number of rotatable bonds is 5. The van der Waals surface area contributed by atoms with Crippen LogP contribution in [0.4, 0.5) is 0 Å². The van der Waals surface area contributed by atoms with Crippen molar-refractivity contribution in [3.63, 3.8) is 0 Å². The highest BCUT2D eigenvalue weighted by atomic mass is 32.2. The van der Waals surface area contributed by atoms with Crippen LogP contribution in [0.1, 0.15) is 28.8 Å². The minimum absolute atomic E-state index is 0.179. The maximum atomic E-state index is 13.1. The van der Waals surface area contributed by atoms with Gasteiger partial charge in [-0.15, -0.1) is 0 Å². The van der Waals surface area contributed by atoms with Crippen molar-refractivity contribution in [3.05, 3.63) is 56.4 Å². The fourth-order valence-corrected chi connectivity index (χ4v) is 6.19. The van der Waals surface area contributed by atoms with Crippen LogP contribution in [-0.4, -0.2) is 58.4 Å². The zero-order valence-electron chi connectivity index (χ0n) is 17.3. The van der Waals surface area contributed by atoms with Gasteiger partial charge in [0, 0.05) is 38.8 Å². The van der Waals surface area contributed by atoms with E-state index in [1.54, 1.807) is 10.4 Å². The molecular formula is C20H25N5O3S2. The number of benzene rings is 1. The molecule has 10 heteroatoms. The third-order valence-electron chi connectivity index (χ3n) is 5.31. The summed E-state index contributed by atoms with van der Waals surface area (Å²) in [5, 5.41) is 5.15. The average Bonchev–Trinajstić information content (AvgIpc) is 3.12. The molecule has 3 aromatic rings. The summed E-state index contributed by atoms with van der Waals surface area (Å²) in [6.45, 7) is 8.31. The monoisotopic (exact) mass is 447 g/mol. The Morgan fingerprint density at radius 3 is 2.50 bits per heavy atom. The summed E-state index contributed by atoms with van der Waals surface area (Å²) in [4.78, 5) is 20.0. The van der Waals surface area contributed by atoms with Crippen LogP contribution < -0.4 is 5.56 Å². The Kier molecular flexibility index (Phi) is 5.75. The highest BCUT2D eigenvalue weighted by molar-refractivity contribution is 7.89. The van der Waals surface area contributed by atoms with Gasteiger partial charge >= 0.3 is 0 Å². The third kappa shape index (κ3) is 4.04. The SMILES string of the molecule is CCc1nn2c(=O)cc(CN3CCN(S(=O)(=O)c4ccc(C)cc4C)CC3)nc2s1. The topological polar surface area (TPSA) is 87.9 Å². The molecule has 0 saturated carbocycles. The minimum Gasteiger partial charge on any atom is -0.295 e. The van der Waals surface area contributed by atoms with Gasteiger partial charge in [-0.1, -0.05) is 36.0 Å². The summed E-state index contributed by atoms with van der Waals surface area (Å²) in [6, 6.07) is 6.94. The molecule has 0 spiro atoms. The molecule has 0 N–H and O–H groups in total. The fourth-order valence-electron chi connectivity index (χ4n) is 3.70. The Labute approximate surface area is 179 Å². The molecule has 1 fully saturated rings. The van der Waals surface area contributed by atoms with Gasteiger partial charge in [0.1, 0.15) is 5.01 Å². The van der Waals surface area contributed by atoms with E-state index in [2.05, 4.69) is 15.0 Å². The summed E-state index contributed by atoms with van der Waals surface area (Å²) in [5.74, 6) is 0. The lowest BCUT2D eigenvalue weighted by Gasteiger charge is -2.34. The van der Waals surface area contributed by atoms with Gasteiger partial charge in [0.2, 0.25) is 15.0 Å². The number of aromatic nitrogens is 3. The zero-order chi connectivity index (χ0) is 21.5. The molecule has 3 heterocycles. The van der Waals surface area contributed by atoms with Crippen molar-refractivity contribution < 1.29 is 8.42 Å². The fraction of sp³-hybridized carbons (Fsp3) is 0.450. The first-order valence-electron chi connectivity index (χ1n) is 9.96. The molecule has 160 valence electrons. The molecule has 0 unspecified atom stereocenters. The molecule has 0 atom stereocenters. The number of fused-ring (bicyclic) bond motifs is 1. The van der Waals surface area contributed by atoms with E-state index in [-0.39, 0.29) is 5.56 Å². The number of piperazine rings is 1. The van der Waals surface area contributed by atoms with E-state index in [1.165, 1.54) is 21.9 Å². The lowest BCUT2D eigenvalue weighted by molar-refractivity contribution is 0.180. The summed E-state index contributed by atoms with van der Waals surface area (Å²) in [6.07, 6.45) is 0.764. The highest BCUT2D eigenvalue weighted by Crippen LogP contribution is 2.22. The van der Waals surface area contributed by atoms with Crippen molar-refractivity contribution in [2.45, 2.75) is 38.6 Å². The van der Waals surface area contributed by atoms with Gasteiger partial charge in [-0.05, 0) is 31.9 Å². The average molecular weight is 448 g/mol. The Bertz CT molecular complexity index is 1240. The number of nitrogens with zero attached hydrogens (tertiary/aromatic N) is 5. The van der Waals surface area contributed by atoms with Crippen molar-refractivity contribution in [2.75, 3.05) is 26.2 Å². The molecule has 30 heavy (non-hydrogen) atoms. The van der Waals surface area contributed by atoms with E-state index in [0.29, 0.717) is 48.3 Å². The van der Waals surface area contributed by atoms with Crippen LogP contribution in [-0.2, 0) is 23.0 Å². The van der Waals surface area contributed by atoms with Gasteiger partial charge in [0.15, 0.2) is 0 Å². The number of hydrogen-bond donors (Lipinski definition) is 0. The summed E-state index contributed by atoms with van der Waals surface area (Å²) >= 11 is 1.43. The summed E-state index contributed by atoms with van der Waals surface area (Å²) < 4.78 is 29.0. The third-order valence-corrected chi connectivity index (χ3v) is 8.42. The maximum absolute atomic E-state index is 13.1. The first-order chi connectivity index (χ1) is 14.3. The minimum atomic E-state index is -3.51. The van der Waals surface area contributed by atoms with E-state index in [4.69, 9.17) is 0 Å². The predicted molar refractivity (Wildman–Crippen MR) is 116 cm³/mol. The number of aryl methyl sites for hydroxylation is 3. The first kappa shape index (κ1) is 21.1. The molecule has 1 aliphatic heterocycles. The van der Waals surface area contributed by atoms with Crippen LogP contribution in [0, 0.1) is 13.8 Å². The molecule has 0 radical (unpaired) electrons. The molecule has 4 rings (SSSR count). The maximum Gasteiger partial charge on any atom is 0.275 e. The van der Waals surface area contributed by atoms with Crippen LogP contribution in [0.2, 0.25) is 0 Å². The standard InChI is InChI=1S/C20H25N5O3S2/c1-4-18-22-25-19(26)12-16(21-20(25)29-18)13-23-7-9-24(10-8-23)30(27,28)17-6-5-14(2)11-15(17)3/h5-6,11-12H,4,7-10,13H2,1-3H3. The first-order valence-corrected chi connectivity index (χ1v) is 12.2. The van der Waals surface area contributed by atoms with Crippen molar-refractivity contribution in [1.29, 1.82) is 0 Å². The van der Waals surface area contributed by atoms with Crippen LogP contribution in [0.15, 0.2) is 34.0 Å². The van der Waals surface area contributed by atoms with E-state index in [0.717, 1.165) is 22.6 Å².